The van der Waals surface area contributed by atoms with Crippen LogP contribution in [0.5, 0.6) is 11.5 Å². The summed E-state index contributed by atoms with van der Waals surface area (Å²) in [7, 11) is 0. The molecule has 1 saturated heterocycles. The SMILES string of the molecule is O=C(CC1CCNCC1)Nc1ccc2c(c1)OCCO2. The molecule has 0 bridgehead atoms. The number of piperidine rings is 1. The van der Waals surface area contributed by atoms with E-state index >= 15 is 0 Å². The molecule has 3 rings (SSSR count). The van der Waals surface area contributed by atoms with Crippen LogP contribution in [0.15, 0.2) is 18.2 Å². The van der Waals surface area contributed by atoms with Crippen molar-refractivity contribution in [3.8, 4) is 11.5 Å². The molecule has 1 amide bonds. The van der Waals surface area contributed by atoms with Gasteiger partial charge in [0.05, 0.1) is 0 Å². The topological polar surface area (TPSA) is 59.6 Å². The van der Waals surface area contributed by atoms with Crippen LogP contribution in [-0.4, -0.2) is 32.2 Å². The molecule has 1 aromatic carbocycles. The van der Waals surface area contributed by atoms with Gasteiger partial charge in [-0.3, -0.25) is 4.79 Å². The maximum atomic E-state index is 12.0. The van der Waals surface area contributed by atoms with Crippen molar-refractivity contribution in [3.05, 3.63) is 18.2 Å². The molecule has 108 valence electrons. The van der Waals surface area contributed by atoms with Crippen LogP contribution in [0, 0.1) is 5.92 Å². The average molecular weight is 276 g/mol. The van der Waals surface area contributed by atoms with Crippen molar-refractivity contribution < 1.29 is 14.3 Å². The Labute approximate surface area is 118 Å². The minimum absolute atomic E-state index is 0.0774. The Morgan fingerprint density at radius 1 is 1.20 bits per heavy atom. The fourth-order valence-corrected chi connectivity index (χ4v) is 2.68. The molecule has 0 aliphatic carbocycles. The average Bonchev–Trinajstić information content (AvgIpc) is 2.48. The van der Waals surface area contributed by atoms with Crippen LogP contribution in [0.2, 0.25) is 0 Å². The van der Waals surface area contributed by atoms with Gasteiger partial charge in [0.1, 0.15) is 13.2 Å². The van der Waals surface area contributed by atoms with E-state index in [-0.39, 0.29) is 5.91 Å². The van der Waals surface area contributed by atoms with E-state index in [1.54, 1.807) is 0 Å². The van der Waals surface area contributed by atoms with Gasteiger partial charge in [0.25, 0.3) is 0 Å². The fourth-order valence-electron chi connectivity index (χ4n) is 2.68. The zero-order valence-electron chi connectivity index (χ0n) is 11.5. The second-order valence-electron chi connectivity index (χ2n) is 5.30. The van der Waals surface area contributed by atoms with E-state index in [1.165, 1.54) is 0 Å². The smallest absolute Gasteiger partial charge is 0.224 e. The van der Waals surface area contributed by atoms with Crippen LogP contribution in [0.3, 0.4) is 0 Å². The highest BCUT2D eigenvalue weighted by molar-refractivity contribution is 5.91. The van der Waals surface area contributed by atoms with Crippen LogP contribution in [0.1, 0.15) is 19.3 Å². The number of amides is 1. The summed E-state index contributed by atoms with van der Waals surface area (Å²) < 4.78 is 11.0. The standard InChI is InChI=1S/C15H20N2O3/c18-15(9-11-3-5-16-6-4-11)17-12-1-2-13-14(10-12)20-8-7-19-13/h1-2,10-11,16H,3-9H2,(H,17,18). The monoisotopic (exact) mass is 276 g/mol. The number of rotatable bonds is 3. The molecule has 5 nitrogen and oxygen atoms in total. The number of nitrogens with one attached hydrogen (secondary N) is 2. The molecule has 2 N–H and O–H groups in total. The number of carbonyl (C=O) groups is 1. The molecule has 0 saturated carbocycles. The Balaban J connectivity index is 1.58. The Hall–Kier alpha value is -1.75. The summed E-state index contributed by atoms with van der Waals surface area (Å²) in [6, 6.07) is 5.53. The van der Waals surface area contributed by atoms with E-state index in [0.29, 0.717) is 31.3 Å². The number of benzene rings is 1. The van der Waals surface area contributed by atoms with Gasteiger partial charge < -0.3 is 20.1 Å². The van der Waals surface area contributed by atoms with Gasteiger partial charge in [0, 0.05) is 18.2 Å². The minimum Gasteiger partial charge on any atom is -0.486 e. The number of fused-ring (bicyclic) bond motifs is 1. The molecular formula is C15H20N2O3. The van der Waals surface area contributed by atoms with Crippen molar-refractivity contribution in [3.63, 3.8) is 0 Å². The summed E-state index contributed by atoms with van der Waals surface area (Å²) in [6.45, 7) is 3.16. The zero-order chi connectivity index (χ0) is 13.8. The molecule has 2 aliphatic rings. The first-order valence-electron chi connectivity index (χ1n) is 7.21. The lowest BCUT2D eigenvalue weighted by molar-refractivity contribution is -0.117. The summed E-state index contributed by atoms with van der Waals surface area (Å²) >= 11 is 0. The van der Waals surface area contributed by atoms with Gasteiger partial charge in [-0.25, -0.2) is 0 Å². The molecule has 1 fully saturated rings. The molecule has 5 heteroatoms. The molecule has 20 heavy (non-hydrogen) atoms. The Morgan fingerprint density at radius 3 is 2.75 bits per heavy atom. The normalized spacial score (nSPS) is 18.6. The van der Waals surface area contributed by atoms with Crippen molar-refractivity contribution in [1.82, 2.24) is 5.32 Å². The van der Waals surface area contributed by atoms with Crippen molar-refractivity contribution in [2.45, 2.75) is 19.3 Å². The second-order valence-corrected chi connectivity index (χ2v) is 5.30. The van der Waals surface area contributed by atoms with E-state index in [9.17, 15) is 4.79 Å². The number of hydrogen-bond acceptors (Lipinski definition) is 4. The number of anilines is 1. The summed E-state index contributed by atoms with van der Waals surface area (Å²) in [6.07, 6.45) is 2.75. The maximum Gasteiger partial charge on any atom is 0.224 e. The summed E-state index contributed by atoms with van der Waals surface area (Å²) in [5.41, 5.74) is 0.771. The maximum absolute atomic E-state index is 12.0. The molecule has 0 atom stereocenters. The third kappa shape index (κ3) is 3.22. The van der Waals surface area contributed by atoms with Gasteiger partial charge in [-0.2, -0.15) is 0 Å². The van der Waals surface area contributed by atoms with Crippen LogP contribution in [-0.2, 0) is 4.79 Å². The van der Waals surface area contributed by atoms with E-state index in [4.69, 9.17) is 9.47 Å². The van der Waals surface area contributed by atoms with Crippen LogP contribution < -0.4 is 20.1 Å². The van der Waals surface area contributed by atoms with Crippen molar-refractivity contribution in [2.75, 3.05) is 31.6 Å². The summed E-state index contributed by atoms with van der Waals surface area (Å²) in [4.78, 5) is 12.0. The highest BCUT2D eigenvalue weighted by Gasteiger charge is 2.17. The van der Waals surface area contributed by atoms with Crippen molar-refractivity contribution in [1.29, 1.82) is 0 Å². The Bertz CT molecular complexity index is 484. The van der Waals surface area contributed by atoms with E-state index in [1.807, 2.05) is 18.2 Å². The first kappa shape index (κ1) is 13.2. The Morgan fingerprint density at radius 2 is 1.95 bits per heavy atom. The lowest BCUT2D eigenvalue weighted by Crippen LogP contribution is -2.30. The molecule has 2 heterocycles. The van der Waals surface area contributed by atoms with Crippen molar-refractivity contribution >= 4 is 11.6 Å². The second kappa shape index (κ2) is 6.13. The zero-order valence-corrected chi connectivity index (χ0v) is 11.5. The first-order chi connectivity index (χ1) is 9.81. The molecule has 1 aromatic rings. The third-order valence-electron chi connectivity index (χ3n) is 3.76. The molecule has 2 aliphatic heterocycles. The molecule has 0 radical (unpaired) electrons. The van der Waals surface area contributed by atoms with Gasteiger partial charge >= 0.3 is 0 Å². The number of carbonyl (C=O) groups excluding carboxylic acids is 1. The lowest BCUT2D eigenvalue weighted by atomic mass is 9.94. The van der Waals surface area contributed by atoms with E-state index in [2.05, 4.69) is 10.6 Å². The third-order valence-corrected chi connectivity index (χ3v) is 3.76. The molecule has 0 aromatic heterocycles. The molecular weight excluding hydrogens is 256 g/mol. The predicted molar refractivity (Wildman–Crippen MR) is 76.3 cm³/mol. The minimum atomic E-state index is 0.0774. The molecule has 0 unspecified atom stereocenters. The largest absolute Gasteiger partial charge is 0.486 e. The quantitative estimate of drug-likeness (QED) is 0.883. The van der Waals surface area contributed by atoms with Gasteiger partial charge in [0.2, 0.25) is 5.91 Å². The van der Waals surface area contributed by atoms with Gasteiger partial charge in [-0.1, -0.05) is 0 Å². The van der Waals surface area contributed by atoms with Gasteiger partial charge in [-0.05, 0) is 44.0 Å². The summed E-state index contributed by atoms with van der Waals surface area (Å²) in [5, 5.41) is 6.25. The first-order valence-corrected chi connectivity index (χ1v) is 7.21. The van der Waals surface area contributed by atoms with Crippen LogP contribution in [0.25, 0.3) is 0 Å². The summed E-state index contributed by atoms with van der Waals surface area (Å²) in [5.74, 6) is 2.02. The fraction of sp³-hybridized carbons (Fsp3) is 0.533. The molecule has 0 spiro atoms. The van der Waals surface area contributed by atoms with Gasteiger partial charge in [-0.15, -0.1) is 0 Å². The van der Waals surface area contributed by atoms with Gasteiger partial charge in [0.15, 0.2) is 11.5 Å². The van der Waals surface area contributed by atoms with E-state index in [0.717, 1.165) is 37.4 Å². The number of hydrogen-bond donors (Lipinski definition) is 2. The van der Waals surface area contributed by atoms with Crippen LogP contribution >= 0.6 is 0 Å². The van der Waals surface area contributed by atoms with Crippen molar-refractivity contribution in [2.24, 2.45) is 5.92 Å². The highest BCUT2D eigenvalue weighted by Crippen LogP contribution is 2.32. The highest BCUT2D eigenvalue weighted by atomic mass is 16.6. The van der Waals surface area contributed by atoms with E-state index < -0.39 is 0 Å². The predicted octanol–water partition coefficient (Wildman–Crippen LogP) is 1.79. The lowest BCUT2D eigenvalue weighted by Gasteiger charge is -2.22. The Kier molecular flexibility index (Phi) is 4.06. The number of ether oxygens (including phenoxy) is 2. The van der Waals surface area contributed by atoms with Crippen LogP contribution in [0.4, 0.5) is 5.69 Å².